The lowest BCUT2D eigenvalue weighted by Crippen LogP contribution is -2.61. The second-order valence-corrected chi connectivity index (χ2v) is 11.0. The fraction of sp³-hybridized carbons (Fsp3) is 0.938. The lowest BCUT2D eigenvalue weighted by atomic mass is 9.87. The van der Waals surface area contributed by atoms with Crippen LogP contribution < -0.4 is 5.32 Å². The first-order chi connectivity index (χ1) is 11.4. The van der Waals surface area contributed by atoms with E-state index in [9.17, 15) is 13.5 Å². The highest BCUT2D eigenvalue weighted by atomic mass is 127. The SMILES string of the molecule is CN=C(NCC1(O)CCSC1)N1CCS(=O)(=O)C2(CCCCC2)C1.I. The molecule has 2 N–H and O–H groups in total. The zero-order valence-electron chi connectivity index (χ0n) is 14.9. The summed E-state index contributed by atoms with van der Waals surface area (Å²) in [5, 5.41) is 13.8. The minimum Gasteiger partial charge on any atom is -0.387 e. The van der Waals surface area contributed by atoms with Crippen molar-refractivity contribution in [2.24, 2.45) is 4.99 Å². The van der Waals surface area contributed by atoms with Crippen LogP contribution in [0, 0.1) is 0 Å². The van der Waals surface area contributed by atoms with Gasteiger partial charge in [-0.05, 0) is 25.0 Å². The molecule has 3 fully saturated rings. The molecule has 0 radical (unpaired) electrons. The van der Waals surface area contributed by atoms with Crippen LogP contribution in [0.2, 0.25) is 0 Å². The van der Waals surface area contributed by atoms with Crippen LogP contribution >= 0.6 is 35.7 Å². The lowest BCUT2D eigenvalue weighted by molar-refractivity contribution is 0.0715. The summed E-state index contributed by atoms with van der Waals surface area (Å²) in [4.78, 5) is 6.43. The van der Waals surface area contributed by atoms with Crippen molar-refractivity contribution >= 4 is 51.5 Å². The number of hydrogen-bond donors (Lipinski definition) is 2. The molecule has 146 valence electrons. The van der Waals surface area contributed by atoms with Gasteiger partial charge in [0.2, 0.25) is 0 Å². The first kappa shape index (κ1) is 21.6. The third kappa shape index (κ3) is 4.57. The van der Waals surface area contributed by atoms with Gasteiger partial charge in [-0.3, -0.25) is 4.99 Å². The average molecular weight is 503 g/mol. The van der Waals surface area contributed by atoms with E-state index in [4.69, 9.17) is 0 Å². The summed E-state index contributed by atoms with van der Waals surface area (Å²) in [5.74, 6) is 2.66. The summed E-state index contributed by atoms with van der Waals surface area (Å²) in [6, 6.07) is 0. The van der Waals surface area contributed by atoms with Crippen LogP contribution in [0.3, 0.4) is 0 Å². The number of nitrogens with one attached hydrogen (secondary N) is 1. The third-order valence-corrected chi connectivity index (χ3v) is 9.51. The van der Waals surface area contributed by atoms with Crippen LogP contribution in [0.25, 0.3) is 0 Å². The first-order valence-electron chi connectivity index (χ1n) is 8.88. The molecule has 0 aromatic heterocycles. The van der Waals surface area contributed by atoms with E-state index in [2.05, 4.69) is 15.2 Å². The van der Waals surface area contributed by atoms with Crippen molar-refractivity contribution in [2.75, 3.05) is 43.9 Å². The zero-order chi connectivity index (χ0) is 17.3. The molecule has 3 aliphatic rings. The predicted molar refractivity (Wildman–Crippen MR) is 115 cm³/mol. The van der Waals surface area contributed by atoms with E-state index in [1.54, 1.807) is 18.8 Å². The lowest BCUT2D eigenvalue weighted by Gasteiger charge is -2.45. The number of rotatable bonds is 2. The van der Waals surface area contributed by atoms with E-state index in [0.717, 1.165) is 56.0 Å². The van der Waals surface area contributed by atoms with Gasteiger partial charge in [0.1, 0.15) is 0 Å². The average Bonchev–Trinajstić information content (AvgIpc) is 2.99. The number of aliphatic hydroxyl groups is 1. The molecule has 2 heterocycles. The van der Waals surface area contributed by atoms with Gasteiger partial charge in [0.25, 0.3) is 0 Å². The Balaban J connectivity index is 0.00000225. The summed E-state index contributed by atoms with van der Waals surface area (Å²) in [5.41, 5.74) is -0.676. The second-order valence-electron chi connectivity index (χ2n) is 7.41. The van der Waals surface area contributed by atoms with Crippen molar-refractivity contribution in [2.45, 2.75) is 48.9 Å². The minimum absolute atomic E-state index is 0. The quantitative estimate of drug-likeness (QED) is 0.338. The van der Waals surface area contributed by atoms with Gasteiger partial charge < -0.3 is 15.3 Å². The molecule has 3 rings (SSSR count). The molecular weight excluding hydrogens is 473 g/mol. The summed E-state index contributed by atoms with van der Waals surface area (Å²) in [6.07, 6.45) is 5.45. The molecule has 0 aromatic rings. The Kier molecular flexibility index (Phi) is 7.34. The Hall–Kier alpha value is 0.260. The van der Waals surface area contributed by atoms with E-state index < -0.39 is 20.2 Å². The van der Waals surface area contributed by atoms with Crippen molar-refractivity contribution in [3.05, 3.63) is 0 Å². The smallest absolute Gasteiger partial charge is 0.193 e. The number of hydrogen-bond acceptors (Lipinski definition) is 5. The monoisotopic (exact) mass is 503 g/mol. The van der Waals surface area contributed by atoms with Gasteiger partial charge in [0, 0.05) is 32.4 Å². The predicted octanol–water partition coefficient (Wildman–Crippen LogP) is 1.48. The highest BCUT2D eigenvalue weighted by Crippen LogP contribution is 2.38. The standard InChI is InChI=1S/C16H29N3O3S2.HI/c1-17-14(18-11-15(20)7-9-23-13-15)19-8-10-24(21,22)16(12-19)5-3-2-4-6-16;/h20H,2-13H2,1H3,(H,17,18);1H. The Bertz CT molecular complexity index is 585. The van der Waals surface area contributed by atoms with E-state index >= 15 is 0 Å². The number of sulfone groups is 1. The minimum atomic E-state index is -3.04. The number of halogens is 1. The molecular formula is C16H30IN3O3S2. The maximum Gasteiger partial charge on any atom is 0.193 e. The summed E-state index contributed by atoms with van der Waals surface area (Å²) in [6.45, 7) is 1.49. The molecule has 1 saturated carbocycles. The molecule has 1 aliphatic carbocycles. The van der Waals surface area contributed by atoms with Gasteiger partial charge in [-0.25, -0.2) is 8.42 Å². The fourth-order valence-electron chi connectivity index (χ4n) is 4.13. The third-order valence-electron chi connectivity index (χ3n) is 5.70. The maximum absolute atomic E-state index is 12.7. The summed E-state index contributed by atoms with van der Waals surface area (Å²) >= 11 is 1.77. The van der Waals surface area contributed by atoms with Gasteiger partial charge in [-0.15, -0.1) is 24.0 Å². The molecule has 0 bridgehead atoms. The Morgan fingerprint density at radius 3 is 2.60 bits per heavy atom. The maximum atomic E-state index is 12.7. The molecule has 0 aromatic carbocycles. The van der Waals surface area contributed by atoms with Gasteiger partial charge in [-0.1, -0.05) is 19.3 Å². The van der Waals surface area contributed by atoms with Crippen molar-refractivity contribution in [3.8, 4) is 0 Å². The Labute approximate surface area is 172 Å². The number of guanidine groups is 1. The largest absolute Gasteiger partial charge is 0.387 e. The van der Waals surface area contributed by atoms with Crippen molar-refractivity contribution in [1.82, 2.24) is 10.2 Å². The van der Waals surface area contributed by atoms with Crippen molar-refractivity contribution in [1.29, 1.82) is 0 Å². The Morgan fingerprint density at radius 2 is 2.00 bits per heavy atom. The second kappa shape index (κ2) is 8.52. The van der Waals surface area contributed by atoms with Gasteiger partial charge in [0.15, 0.2) is 15.8 Å². The zero-order valence-corrected chi connectivity index (χ0v) is 18.8. The van der Waals surface area contributed by atoms with Crippen LogP contribution in [-0.4, -0.2) is 78.7 Å². The van der Waals surface area contributed by atoms with Crippen LogP contribution in [0.4, 0.5) is 0 Å². The first-order valence-corrected chi connectivity index (χ1v) is 11.7. The molecule has 0 amide bonds. The van der Waals surface area contributed by atoms with E-state index in [1.807, 2.05) is 0 Å². The normalized spacial score (nSPS) is 31.6. The van der Waals surface area contributed by atoms with Crippen LogP contribution in [0.15, 0.2) is 4.99 Å². The van der Waals surface area contributed by atoms with Crippen LogP contribution in [0.1, 0.15) is 38.5 Å². The fourth-order valence-corrected chi connectivity index (χ4v) is 7.58. The van der Waals surface area contributed by atoms with Crippen molar-refractivity contribution in [3.63, 3.8) is 0 Å². The topological polar surface area (TPSA) is 82.0 Å². The van der Waals surface area contributed by atoms with E-state index in [0.29, 0.717) is 19.6 Å². The van der Waals surface area contributed by atoms with E-state index in [1.165, 1.54) is 0 Å². The highest BCUT2D eigenvalue weighted by molar-refractivity contribution is 14.0. The summed E-state index contributed by atoms with van der Waals surface area (Å²) in [7, 11) is -1.31. The molecule has 1 atom stereocenters. The number of thioether (sulfide) groups is 1. The molecule has 9 heteroatoms. The van der Waals surface area contributed by atoms with Gasteiger partial charge >= 0.3 is 0 Å². The molecule has 1 spiro atoms. The highest BCUT2D eigenvalue weighted by Gasteiger charge is 2.48. The van der Waals surface area contributed by atoms with Crippen LogP contribution in [-0.2, 0) is 9.84 Å². The Morgan fingerprint density at radius 1 is 1.28 bits per heavy atom. The van der Waals surface area contributed by atoms with Gasteiger partial charge in [0.05, 0.1) is 16.1 Å². The van der Waals surface area contributed by atoms with E-state index in [-0.39, 0.29) is 29.7 Å². The number of aliphatic imine (C=N–C) groups is 1. The molecule has 2 saturated heterocycles. The number of nitrogens with zero attached hydrogens (tertiary/aromatic N) is 2. The molecule has 25 heavy (non-hydrogen) atoms. The molecule has 2 aliphatic heterocycles. The molecule has 6 nitrogen and oxygen atoms in total. The van der Waals surface area contributed by atoms with Crippen LogP contribution in [0.5, 0.6) is 0 Å². The summed E-state index contributed by atoms with van der Waals surface area (Å²) < 4.78 is 24.8. The van der Waals surface area contributed by atoms with Gasteiger partial charge in [-0.2, -0.15) is 11.8 Å². The molecule has 1 unspecified atom stereocenters. The van der Waals surface area contributed by atoms with Crippen molar-refractivity contribution < 1.29 is 13.5 Å².